The number of hydrogen-bond donors (Lipinski definition) is 2. The van der Waals surface area contributed by atoms with Gasteiger partial charge in [0.05, 0.1) is 6.20 Å². The zero-order valence-corrected chi connectivity index (χ0v) is 11.4. The van der Waals surface area contributed by atoms with Gasteiger partial charge in [0.15, 0.2) is 5.76 Å². The third-order valence-corrected chi connectivity index (χ3v) is 3.53. The van der Waals surface area contributed by atoms with E-state index in [1.165, 1.54) is 0 Å². The van der Waals surface area contributed by atoms with Gasteiger partial charge >= 0.3 is 0 Å². The molecule has 0 aliphatic carbocycles. The highest BCUT2D eigenvalue weighted by Crippen LogP contribution is 2.20. The SMILES string of the molecule is Cc1ccc(-c2cnc(CC3CN(C)CCN3)[nH]2)o1. The lowest BCUT2D eigenvalue weighted by molar-refractivity contribution is 0.236. The lowest BCUT2D eigenvalue weighted by Crippen LogP contribution is -2.50. The molecule has 19 heavy (non-hydrogen) atoms. The zero-order valence-electron chi connectivity index (χ0n) is 11.4. The van der Waals surface area contributed by atoms with Gasteiger partial charge in [-0.15, -0.1) is 0 Å². The first kappa shape index (κ1) is 12.4. The summed E-state index contributed by atoms with van der Waals surface area (Å²) >= 11 is 0. The van der Waals surface area contributed by atoms with Crippen molar-refractivity contribution in [1.82, 2.24) is 20.2 Å². The Kier molecular flexibility index (Phi) is 3.40. The van der Waals surface area contributed by atoms with E-state index in [0.717, 1.165) is 49.1 Å². The predicted molar refractivity (Wildman–Crippen MR) is 74.0 cm³/mol. The number of nitrogens with zero attached hydrogens (tertiary/aromatic N) is 2. The number of hydrogen-bond acceptors (Lipinski definition) is 4. The summed E-state index contributed by atoms with van der Waals surface area (Å²) in [5, 5.41) is 3.53. The van der Waals surface area contributed by atoms with Crippen LogP contribution in [0.15, 0.2) is 22.7 Å². The highest BCUT2D eigenvalue weighted by Gasteiger charge is 2.18. The van der Waals surface area contributed by atoms with E-state index >= 15 is 0 Å². The summed E-state index contributed by atoms with van der Waals surface area (Å²) < 4.78 is 5.59. The molecule has 0 saturated carbocycles. The van der Waals surface area contributed by atoms with Gasteiger partial charge in [-0.05, 0) is 26.1 Å². The second kappa shape index (κ2) is 5.19. The highest BCUT2D eigenvalue weighted by molar-refractivity contribution is 5.51. The molecular weight excluding hydrogens is 240 g/mol. The van der Waals surface area contributed by atoms with Gasteiger partial charge in [0.2, 0.25) is 0 Å². The van der Waals surface area contributed by atoms with E-state index in [-0.39, 0.29) is 0 Å². The Morgan fingerprint density at radius 1 is 1.47 bits per heavy atom. The number of rotatable bonds is 3. The molecule has 102 valence electrons. The van der Waals surface area contributed by atoms with Crippen LogP contribution in [-0.2, 0) is 6.42 Å². The van der Waals surface area contributed by atoms with Crippen molar-refractivity contribution in [1.29, 1.82) is 0 Å². The second-order valence-electron chi connectivity index (χ2n) is 5.27. The van der Waals surface area contributed by atoms with Crippen LogP contribution in [0.25, 0.3) is 11.5 Å². The first-order valence-electron chi connectivity index (χ1n) is 6.73. The number of imidazole rings is 1. The summed E-state index contributed by atoms with van der Waals surface area (Å²) in [6.45, 7) is 5.18. The maximum absolute atomic E-state index is 5.59. The molecular formula is C14H20N4O. The molecule has 1 atom stereocenters. The molecule has 1 aliphatic rings. The molecule has 1 aliphatic heterocycles. The van der Waals surface area contributed by atoms with Crippen LogP contribution in [-0.4, -0.2) is 47.6 Å². The standard InChI is InChI=1S/C14H20N4O/c1-10-3-4-13(19-10)12-8-16-14(17-12)7-11-9-18(2)6-5-15-11/h3-4,8,11,15H,5-7,9H2,1-2H3,(H,16,17). The minimum Gasteiger partial charge on any atom is -0.460 e. The molecule has 5 heteroatoms. The Balaban J connectivity index is 1.68. The molecule has 0 bridgehead atoms. The van der Waals surface area contributed by atoms with Crippen LogP contribution in [0.1, 0.15) is 11.6 Å². The Morgan fingerprint density at radius 3 is 3.11 bits per heavy atom. The fourth-order valence-electron chi connectivity index (χ4n) is 2.53. The zero-order chi connectivity index (χ0) is 13.2. The van der Waals surface area contributed by atoms with Crippen LogP contribution < -0.4 is 5.32 Å². The van der Waals surface area contributed by atoms with Crippen LogP contribution in [0.2, 0.25) is 0 Å². The van der Waals surface area contributed by atoms with Crippen LogP contribution in [0.4, 0.5) is 0 Å². The van der Waals surface area contributed by atoms with E-state index in [1.54, 1.807) is 0 Å². The monoisotopic (exact) mass is 260 g/mol. The normalized spacial score (nSPS) is 20.8. The predicted octanol–water partition coefficient (Wildman–Crippen LogP) is 1.42. The number of H-pyrrole nitrogens is 1. The minimum atomic E-state index is 0.469. The Bertz CT molecular complexity index is 545. The maximum atomic E-state index is 5.59. The number of likely N-dealkylation sites (N-methyl/N-ethyl adjacent to an activating group) is 1. The molecule has 3 heterocycles. The first-order chi connectivity index (χ1) is 9.20. The highest BCUT2D eigenvalue weighted by atomic mass is 16.3. The van der Waals surface area contributed by atoms with Crippen molar-refractivity contribution in [2.75, 3.05) is 26.7 Å². The summed E-state index contributed by atoms with van der Waals surface area (Å²) in [6, 6.07) is 4.41. The van der Waals surface area contributed by atoms with E-state index in [9.17, 15) is 0 Å². The van der Waals surface area contributed by atoms with Crippen molar-refractivity contribution in [3.05, 3.63) is 29.9 Å². The fraction of sp³-hybridized carbons (Fsp3) is 0.500. The Hall–Kier alpha value is -1.59. The molecule has 2 aromatic heterocycles. The molecule has 0 spiro atoms. The van der Waals surface area contributed by atoms with E-state index in [1.807, 2.05) is 25.3 Å². The molecule has 1 saturated heterocycles. The number of piperazine rings is 1. The van der Waals surface area contributed by atoms with Gasteiger partial charge in [-0.2, -0.15) is 0 Å². The van der Waals surface area contributed by atoms with Crippen LogP contribution in [0.5, 0.6) is 0 Å². The van der Waals surface area contributed by atoms with E-state index in [4.69, 9.17) is 4.42 Å². The number of aromatic nitrogens is 2. The van der Waals surface area contributed by atoms with Crippen LogP contribution >= 0.6 is 0 Å². The number of furan rings is 1. The molecule has 3 rings (SSSR count). The van der Waals surface area contributed by atoms with E-state index in [2.05, 4.69) is 27.2 Å². The lowest BCUT2D eigenvalue weighted by atomic mass is 10.1. The van der Waals surface area contributed by atoms with Crippen molar-refractivity contribution in [2.45, 2.75) is 19.4 Å². The van der Waals surface area contributed by atoms with Crippen molar-refractivity contribution >= 4 is 0 Å². The number of aryl methyl sites for hydroxylation is 1. The van der Waals surface area contributed by atoms with Gasteiger partial charge < -0.3 is 19.6 Å². The maximum Gasteiger partial charge on any atom is 0.152 e. The quantitative estimate of drug-likeness (QED) is 0.876. The van der Waals surface area contributed by atoms with Crippen molar-refractivity contribution in [3.63, 3.8) is 0 Å². The van der Waals surface area contributed by atoms with Crippen molar-refractivity contribution in [3.8, 4) is 11.5 Å². The smallest absolute Gasteiger partial charge is 0.152 e. The van der Waals surface area contributed by atoms with E-state index < -0.39 is 0 Å². The average Bonchev–Trinajstić information content (AvgIpc) is 2.98. The topological polar surface area (TPSA) is 57.1 Å². The lowest BCUT2D eigenvalue weighted by Gasteiger charge is -2.30. The van der Waals surface area contributed by atoms with Crippen molar-refractivity contribution in [2.24, 2.45) is 0 Å². The first-order valence-corrected chi connectivity index (χ1v) is 6.73. The summed E-state index contributed by atoms with van der Waals surface area (Å²) in [7, 11) is 2.16. The molecule has 0 radical (unpaired) electrons. The molecule has 0 aromatic carbocycles. The third kappa shape index (κ3) is 2.88. The molecule has 1 fully saturated rings. The summed E-state index contributed by atoms with van der Waals surface area (Å²) in [5.74, 6) is 2.78. The number of nitrogens with one attached hydrogen (secondary N) is 2. The van der Waals surface area contributed by atoms with Gasteiger partial charge in [-0.3, -0.25) is 0 Å². The summed E-state index contributed by atoms with van der Waals surface area (Å²) in [4.78, 5) is 10.1. The Labute approximate surface area is 113 Å². The van der Waals surface area contributed by atoms with Crippen LogP contribution in [0, 0.1) is 6.92 Å². The third-order valence-electron chi connectivity index (χ3n) is 3.53. The summed E-state index contributed by atoms with van der Waals surface area (Å²) in [5.41, 5.74) is 0.951. The largest absolute Gasteiger partial charge is 0.460 e. The van der Waals surface area contributed by atoms with Crippen molar-refractivity contribution < 1.29 is 4.42 Å². The minimum absolute atomic E-state index is 0.469. The van der Waals surface area contributed by atoms with Gasteiger partial charge in [-0.25, -0.2) is 4.98 Å². The van der Waals surface area contributed by atoms with Gasteiger partial charge in [0.25, 0.3) is 0 Å². The Morgan fingerprint density at radius 2 is 2.37 bits per heavy atom. The number of aromatic amines is 1. The van der Waals surface area contributed by atoms with Gasteiger partial charge in [0.1, 0.15) is 17.3 Å². The molecule has 2 N–H and O–H groups in total. The average molecular weight is 260 g/mol. The molecule has 0 amide bonds. The fourth-order valence-corrected chi connectivity index (χ4v) is 2.53. The van der Waals surface area contributed by atoms with Gasteiger partial charge in [0, 0.05) is 32.1 Å². The molecule has 5 nitrogen and oxygen atoms in total. The van der Waals surface area contributed by atoms with Crippen LogP contribution in [0.3, 0.4) is 0 Å². The second-order valence-corrected chi connectivity index (χ2v) is 5.27. The molecule has 2 aromatic rings. The summed E-state index contributed by atoms with van der Waals surface area (Å²) in [6.07, 6.45) is 2.77. The van der Waals surface area contributed by atoms with E-state index in [0.29, 0.717) is 6.04 Å². The molecule has 1 unspecified atom stereocenters. The van der Waals surface area contributed by atoms with Gasteiger partial charge in [-0.1, -0.05) is 0 Å².